The van der Waals surface area contributed by atoms with Gasteiger partial charge in [-0.25, -0.2) is 0 Å². The van der Waals surface area contributed by atoms with Crippen molar-refractivity contribution in [1.29, 1.82) is 0 Å². The molecule has 49 heavy (non-hydrogen) atoms. The lowest BCUT2D eigenvalue weighted by Gasteiger charge is -2.26. The van der Waals surface area contributed by atoms with E-state index in [1.807, 2.05) is 0 Å². The summed E-state index contributed by atoms with van der Waals surface area (Å²) in [6, 6.07) is 63.1. The van der Waals surface area contributed by atoms with Gasteiger partial charge in [0.15, 0.2) is 0 Å². The lowest BCUT2D eigenvalue weighted by molar-refractivity contribution is 0.663. The highest BCUT2D eigenvalue weighted by molar-refractivity contribution is 6.23. The third-order valence-corrected chi connectivity index (χ3v) is 11.0. The van der Waals surface area contributed by atoms with Crippen molar-refractivity contribution < 1.29 is 0 Å². The molecule has 0 spiro atoms. The molecule has 1 aliphatic carbocycles. The molecule has 0 heterocycles. The van der Waals surface area contributed by atoms with Crippen molar-refractivity contribution in [2.24, 2.45) is 0 Å². The molecule has 9 aromatic carbocycles. The molecule has 0 radical (unpaired) electrons. The Labute approximate surface area is 286 Å². The van der Waals surface area contributed by atoms with Crippen LogP contribution in [-0.4, -0.2) is 0 Å². The van der Waals surface area contributed by atoms with Gasteiger partial charge in [-0.1, -0.05) is 178 Å². The molecule has 0 N–H and O–H groups in total. The largest absolute Gasteiger partial charge is 0.0616 e. The Kier molecular flexibility index (Phi) is 6.02. The molecule has 9 aromatic rings. The summed E-state index contributed by atoms with van der Waals surface area (Å²) < 4.78 is 0. The lowest BCUT2D eigenvalue weighted by Crippen LogP contribution is -2.16. The predicted octanol–water partition coefficient (Wildman–Crippen LogP) is 13.6. The molecule has 10 rings (SSSR count). The maximum atomic E-state index is 2.41. The normalized spacial score (nSPS) is 13.3. The van der Waals surface area contributed by atoms with Gasteiger partial charge in [-0.3, -0.25) is 0 Å². The Morgan fingerprint density at radius 2 is 0.796 bits per heavy atom. The van der Waals surface area contributed by atoms with E-state index in [-0.39, 0.29) is 5.41 Å². The topological polar surface area (TPSA) is 0 Å². The second kappa shape index (κ2) is 10.5. The van der Waals surface area contributed by atoms with E-state index < -0.39 is 0 Å². The quantitative estimate of drug-likeness (QED) is 0.172. The molecule has 0 atom stereocenters. The molecule has 0 fully saturated rings. The van der Waals surface area contributed by atoms with Gasteiger partial charge in [0, 0.05) is 5.41 Å². The van der Waals surface area contributed by atoms with Gasteiger partial charge in [-0.15, -0.1) is 0 Å². The van der Waals surface area contributed by atoms with Crippen LogP contribution in [0.25, 0.3) is 87.6 Å². The van der Waals surface area contributed by atoms with Crippen LogP contribution in [0.15, 0.2) is 170 Å². The highest BCUT2D eigenvalue weighted by atomic mass is 14.4. The summed E-state index contributed by atoms with van der Waals surface area (Å²) in [5.74, 6) is 0. The van der Waals surface area contributed by atoms with Crippen molar-refractivity contribution >= 4 is 43.1 Å². The first-order chi connectivity index (χ1) is 24.1. The van der Waals surface area contributed by atoms with Crippen molar-refractivity contribution in [2.45, 2.75) is 19.3 Å². The Morgan fingerprint density at radius 1 is 0.327 bits per heavy atom. The van der Waals surface area contributed by atoms with Gasteiger partial charge in [0.1, 0.15) is 0 Å². The van der Waals surface area contributed by atoms with Crippen LogP contribution in [0, 0.1) is 0 Å². The van der Waals surface area contributed by atoms with Crippen LogP contribution in [0.1, 0.15) is 25.0 Å². The van der Waals surface area contributed by atoms with Gasteiger partial charge in [-0.05, 0) is 105 Å². The molecule has 0 bridgehead atoms. The summed E-state index contributed by atoms with van der Waals surface area (Å²) >= 11 is 0. The van der Waals surface area contributed by atoms with Crippen molar-refractivity contribution in [3.8, 4) is 44.5 Å². The first kappa shape index (κ1) is 28.1. The summed E-state index contributed by atoms with van der Waals surface area (Å²) in [4.78, 5) is 0. The zero-order valence-corrected chi connectivity index (χ0v) is 27.7. The van der Waals surface area contributed by atoms with Crippen molar-refractivity contribution in [3.05, 3.63) is 181 Å². The Balaban J connectivity index is 1.29. The second-order valence-corrected chi connectivity index (χ2v) is 14.0. The smallest absolute Gasteiger partial charge is 0.0165 e. The standard InChI is InChI=1S/C49H34/c1-49(2)44-29-28-32-15-5-6-18-36(32)47(44)43-25-13-24-42(48(43)49)46-40-22-11-9-20-38(40)45(39-21-10-12-23-41(39)46)37-19-8-7-17-35(37)34-27-26-31-14-3-4-16-33(31)30-34/h3-30H,1-2H3. The minimum Gasteiger partial charge on any atom is -0.0616 e. The van der Waals surface area contributed by atoms with Crippen LogP contribution in [0.2, 0.25) is 0 Å². The highest BCUT2D eigenvalue weighted by Gasteiger charge is 2.39. The predicted molar refractivity (Wildman–Crippen MR) is 210 cm³/mol. The maximum absolute atomic E-state index is 2.41. The van der Waals surface area contributed by atoms with E-state index in [1.54, 1.807) is 0 Å². The van der Waals surface area contributed by atoms with Crippen molar-refractivity contribution in [1.82, 2.24) is 0 Å². The first-order valence-corrected chi connectivity index (χ1v) is 17.3. The summed E-state index contributed by atoms with van der Waals surface area (Å²) in [5, 5.41) is 10.3. The van der Waals surface area contributed by atoms with Crippen LogP contribution in [0.4, 0.5) is 0 Å². The second-order valence-electron chi connectivity index (χ2n) is 14.0. The van der Waals surface area contributed by atoms with Crippen LogP contribution in [0.5, 0.6) is 0 Å². The van der Waals surface area contributed by atoms with E-state index in [0.717, 1.165) is 0 Å². The summed E-state index contributed by atoms with van der Waals surface area (Å²) in [7, 11) is 0. The fourth-order valence-electron chi connectivity index (χ4n) is 8.88. The minimum atomic E-state index is -0.158. The van der Waals surface area contributed by atoms with Crippen molar-refractivity contribution in [3.63, 3.8) is 0 Å². The summed E-state index contributed by atoms with van der Waals surface area (Å²) in [5.41, 5.74) is 13.1. The number of benzene rings is 9. The molecule has 230 valence electrons. The van der Waals surface area contributed by atoms with Gasteiger partial charge < -0.3 is 0 Å². The van der Waals surface area contributed by atoms with Crippen LogP contribution in [0.3, 0.4) is 0 Å². The van der Waals surface area contributed by atoms with Gasteiger partial charge in [0.2, 0.25) is 0 Å². The zero-order chi connectivity index (χ0) is 32.7. The molecule has 0 amide bonds. The molecule has 0 nitrogen and oxygen atoms in total. The average molecular weight is 623 g/mol. The highest BCUT2D eigenvalue weighted by Crippen LogP contribution is 2.56. The van der Waals surface area contributed by atoms with E-state index in [0.29, 0.717) is 0 Å². The molecule has 0 saturated carbocycles. The van der Waals surface area contributed by atoms with E-state index in [1.165, 1.54) is 98.7 Å². The van der Waals surface area contributed by atoms with Crippen LogP contribution in [-0.2, 0) is 5.41 Å². The first-order valence-electron chi connectivity index (χ1n) is 17.3. The van der Waals surface area contributed by atoms with Gasteiger partial charge >= 0.3 is 0 Å². The maximum Gasteiger partial charge on any atom is 0.0165 e. The molecular weight excluding hydrogens is 589 g/mol. The third kappa shape index (κ3) is 4.04. The van der Waals surface area contributed by atoms with E-state index in [9.17, 15) is 0 Å². The summed E-state index contributed by atoms with van der Waals surface area (Å²) in [6.07, 6.45) is 0. The van der Waals surface area contributed by atoms with Gasteiger partial charge in [-0.2, -0.15) is 0 Å². The molecule has 0 aliphatic heterocycles. The Bertz CT molecular complexity index is 2740. The van der Waals surface area contributed by atoms with Crippen molar-refractivity contribution in [2.75, 3.05) is 0 Å². The van der Waals surface area contributed by atoms with Crippen LogP contribution >= 0.6 is 0 Å². The van der Waals surface area contributed by atoms with Gasteiger partial charge in [0.25, 0.3) is 0 Å². The number of fused-ring (bicyclic) bond motifs is 8. The molecule has 0 saturated heterocycles. The number of hydrogen-bond donors (Lipinski definition) is 0. The van der Waals surface area contributed by atoms with E-state index in [2.05, 4.69) is 184 Å². The lowest BCUT2D eigenvalue weighted by atomic mass is 9.76. The Hall–Kier alpha value is -5.98. The molecule has 0 heteroatoms. The van der Waals surface area contributed by atoms with E-state index in [4.69, 9.17) is 0 Å². The average Bonchev–Trinajstić information content (AvgIpc) is 3.40. The van der Waals surface area contributed by atoms with Crippen LogP contribution < -0.4 is 0 Å². The summed E-state index contributed by atoms with van der Waals surface area (Å²) in [6.45, 7) is 4.82. The van der Waals surface area contributed by atoms with E-state index >= 15 is 0 Å². The molecule has 0 aromatic heterocycles. The molecular formula is C49H34. The SMILES string of the molecule is CC1(C)c2ccc3ccccc3c2-c2cccc(-c3c4ccccc4c(-c4ccccc4-c4ccc5ccccc5c4)c4ccccc34)c21. The molecule has 0 unspecified atom stereocenters. The fraction of sp³-hybridized carbons (Fsp3) is 0.0612. The Morgan fingerprint density at radius 3 is 1.47 bits per heavy atom. The fourth-order valence-corrected chi connectivity index (χ4v) is 8.88. The minimum absolute atomic E-state index is 0.158. The monoisotopic (exact) mass is 622 g/mol. The number of rotatable bonds is 3. The van der Waals surface area contributed by atoms with Gasteiger partial charge in [0.05, 0.1) is 0 Å². The third-order valence-electron chi connectivity index (χ3n) is 11.0. The zero-order valence-electron chi connectivity index (χ0n) is 27.7. The number of hydrogen-bond acceptors (Lipinski definition) is 0. The molecule has 1 aliphatic rings.